The van der Waals surface area contributed by atoms with Gasteiger partial charge in [0.05, 0.1) is 5.69 Å². The number of aryl methyl sites for hydroxylation is 1. The quantitative estimate of drug-likeness (QED) is 0.899. The molecule has 2 aromatic rings. The summed E-state index contributed by atoms with van der Waals surface area (Å²) in [6, 6.07) is 9.73. The summed E-state index contributed by atoms with van der Waals surface area (Å²) in [6.07, 6.45) is 1.93. The average Bonchev–Trinajstić information content (AvgIpc) is 3.13. The minimum atomic E-state index is -0.576. The standard InChI is InChI=1S/C14H15NOS/c1-9-12(10-7-8-10)15-14(17-9)13(16)11-5-3-2-4-6-11/h2-6,10,13,16H,7-8H2,1H3. The third kappa shape index (κ3) is 2.13. The zero-order chi connectivity index (χ0) is 11.8. The van der Waals surface area contributed by atoms with Crippen molar-refractivity contribution in [2.24, 2.45) is 0 Å². The highest BCUT2D eigenvalue weighted by atomic mass is 32.1. The van der Waals surface area contributed by atoms with Crippen LogP contribution in [0.4, 0.5) is 0 Å². The Morgan fingerprint density at radius 3 is 2.65 bits per heavy atom. The van der Waals surface area contributed by atoms with Crippen molar-refractivity contribution in [3.63, 3.8) is 0 Å². The molecule has 88 valence electrons. The Hall–Kier alpha value is -1.19. The normalized spacial score (nSPS) is 17.1. The van der Waals surface area contributed by atoms with Gasteiger partial charge in [-0.1, -0.05) is 30.3 Å². The summed E-state index contributed by atoms with van der Waals surface area (Å²) in [4.78, 5) is 5.88. The van der Waals surface area contributed by atoms with E-state index in [0.29, 0.717) is 5.92 Å². The summed E-state index contributed by atoms with van der Waals surface area (Å²) in [7, 11) is 0. The van der Waals surface area contributed by atoms with Crippen molar-refractivity contribution < 1.29 is 5.11 Å². The van der Waals surface area contributed by atoms with Gasteiger partial charge in [0, 0.05) is 10.8 Å². The van der Waals surface area contributed by atoms with E-state index >= 15 is 0 Å². The molecule has 1 aliphatic carbocycles. The van der Waals surface area contributed by atoms with Gasteiger partial charge in [-0.05, 0) is 25.3 Å². The molecule has 1 N–H and O–H groups in total. The Kier molecular flexibility index (Phi) is 2.73. The van der Waals surface area contributed by atoms with E-state index in [1.165, 1.54) is 23.4 Å². The third-order valence-electron chi connectivity index (χ3n) is 3.16. The summed E-state index contributed by atoms with van der Waals surface area (Å²) in [5.74, 6) is 0.656. The number of thiazole rings is 1. The number of aliphatic hydroxyl groups is 1. The molecule has 0 radical (unpaired) electrons. The summed E-state index contributed by atoms with van der Waals surface area (Å²) < 4.78 is 0. The number of aromatic nitrogens is 1. The summed E-state index contributed by atoms with van der Waals surface area (Å²) >= 11 is 1.62. The van der Waals surface area contributed by atoms with Crippen LogP contribution in [0.1, 0.15) is 46.0 Å². The van der Waals surface area contributed by atoms with Crippen LogP contribution in [-0.2, 0) is 0 Å². The van der Waals surface area contributed by atoms with Crippen LogP contribution in [0.2, 0.25) is 0 Å². The highest BCUT2D eigenvalue weighted by Gasteiger charge is 2.29. The highest BCUT2D eigenvalue weighted by molar-refractivity contribution is 7.11. The van der Waals surface area contributed by atoms with Gasteiger partial charge in [-0.15, -0.1) is 11.3 Å². The van der Waals surface area contributed by atoms with Crippen LogP contribution in [-0.4, -0.2) is 10.1 Å². The average molecular weight is 245 g/mol. The minimum absolute atomic E-state index is 0.576. The molecule has 1 atom stereocenters. The smallest absolute Gasteiger partial charge is 0.131 e. The van der Waals surface area contributed by atoms with E-state index in [1.807, 2.05) is 30.3 Å². The van der Waals surface area contributed by atoms with Crippen LogP contribution < -0.4 is 0 Å². The third-order valence-corrected chi connectivity index (χ3v) is 4.20. The van der Waals surface area contributed by atoms with Gasteiger partial charge in [0.1, 0.15) is 11.1 Å². The van der Waals surface area contributed by atoms with E-state index in [9.17, 15) is 5.11 Å². The zero-order valence-corrected chi connectivity index (χ0v) is 10.6. The molecule has 2 nitrogen and oxygen atoms in total. The number of benzene rings is 1. The Bertz CT molecular complexity index is 516. The Morgan fingerprint density at radius 1 is 1.29 bits per heavy atom. The molecule has 1 unspecified atom stereocenters. The van der Waals surface area contributed by atoms with Gasteiger partial charge in [-0.2, -0.15) is 0 Å². The first-order chi connectivity index (χ1) is 8.25. The molecule has 1 fully saturated rings. The van der Waals surface area contributed by atoms with Crippen molar-refractivity contribution in [2.45, 2.75) is 31.8 Å². The van der Waals surface area contributed by atoms with Crippen LogP contribution >= 0.6 is 11.3 Å². The second-order valence-electron chi connectivity index (χ2n) is 4.58. The molecule has 0 amide bonds. The molecule has 1 saturated carbocycles. The first-order valence-electron chi connectivity index (χ1n) is 5.96. The van der Waals surface area contributed by atoms with E-state index < -0.39 is 6.10 Å². The van der Waals surface area contributed by atoms with Gasteiger partial charge in [-0.3, -0.25) is 0 Å². The second kappa shape index (κ2) is 4.24. The maximum absolute atomic E-state index is 10.3. The molecule has 0 bridgehead atoms. The van der Waals surface area contributed by atoms with Crippen molar-refractivity contribution in [3.05, 3.63) is 51.5 Å². The monoisotopic (exact) mass is 245 g/mol. The van der Waals surface area contributed by atoms with Crippen molar-refractivity contribution in [2.75, 3.05) is 0 Å². The molecule has 3 heteroatoms. The zero-order valence-electron chi connectivity index (χ0n) is 9.76. The van der Waals surface area contributed by atoms with Crippen LogP contribution in [0.5, 0.6) is 0 Å². The van der Waals surface area contributed by atoms with Crippen molar-refractivity contribution in [1.29, 1.82) is 0 Å². The van der Waals surface area contributed by atoms with Gasteiger partial charge >= 0.3 is 0 Å². The van der Waals surface area contributed by atoms with E-state index in [4.69, 9.17) is 0 Å². The summed E-state index contributed by atoms with van der Waals surface area (Å²) in [6.45, 7) is 2.10. The number of aliphatic hydroxyl groups excluding tert-OH is 1. The molecule has 0 aliphatic heterocycles. The molecular formula is C14H15NOS. The molecule has 1 heterocycles. The first kappa shape index (κ1) is 10.9. The Labute approximate surface area is 105 Å². The Morgan fingerprint density at radius 2 is 2.00 bits per heavy atom. The lowest BCUT2D eigenvalue weighted by molar-refractivity contribution is 0.219. The fourth-order valence-electron chi connectivity index (χ4n) is 2.06. The van der Waals surface area contributed by atoms with Gasteiger partial charge < -0.3 is 5.11 Å². The van der Waals surface area contributed by atoms with Crippen LogP contribution in [0.25, 0.3) is 0 Å². The largest absolute Gasteiger partial charge is 0.381 e. The fourth-order valence-corrected chi connectivity index (χ4v) is 3.08. The second-order valence-corrected chi connectivity index (χ2v) is 5.82. The van der Waals surface area contributed by atoms with Crippen LogP contribution in [0.15, 0.2) is 30.3 Å². The van der Waals surface area contributed by atoms with Crippen LogP contribution in [0, 0.1) is 6.92 Å². The highest BCUT2D eigenvalue weighted by Crippen LogP contribution is 2.43. The van der Waals surface area contributed by atoms with Crippen molar-refractivity contribution in [1.82, 2.24) is 4.98 Å². The molecule has 1 aromatic heterocycles. The summed E-state index contributed by atoms with van der Waals surface area (Å²) in [5.41, 5.74) is 2.13. The lowest BCUT2D eigenvalue weighted by atomic mass is 10.1. The predicted molar refractivity (Wildman–Crippen MR) is 69.3 cm³/mol. The topological polar surface area (TPSA) is 33.1 Å². The molecule has 1 aliphatic rings. The molecule has 0 saturated heterocycles. The van der Waals surface area contributed by atoms with Gasteiger partial charge in [-0.25, -0.2) is 4.98 Å². The SMILES string of the molecule is Cc1sc(C(O)c2ccccc2)nc1C1CC1. The first-order valence-corrected chi connectivity index (χ1v) is 6.77. The molecular weight excluding hydrogens is 230 g/mol. The van der Waals surface area contributed by atoms with E-state index in [1.54, 1.807) is 11.3 Å². The van der Waals surface area contributed by atoms with Gasteiger partial charge in [0.25, 0.3) is 0 Å². The number of rotatable bonds is 3. The maximum Gasteiger partial charge on any atom is 0.131 e. The van der Waals surface area contributed by atoms with Crippen LogP contribution in [0.3, 0.4) is 0 Å². The predicted octanol–water partition coefficient (Wildman–Crippen LogP) is 3.41. The fraction of sp³-hybridized carbons (Fsp3) is 0.357. The molecule has 1 aromatic carbocycles. The molecule has 17 heavy (non-hydrogen) atoms. The molecule has 3 rings (SSSR count). The summed E-state index contributed by atoms with van der Waals surface area (Å²) in [5, 5.41) is 11.1. The number of hydrogen-bond donors (Lipinski definition) is 1. The van der Waals surface area contributed by atoms with Gasteiger partial charge in [0.15, 0.2) is 0 Å². The number of nitrogens with zero attached hydrogens (tertiary/aromatic N) is 1. The maximum atomic E-state index is 10.3. The van der Waals surface area contributed by atoms with E-state index in [0.717, 1.165) is 10.6 Å². The number of hydrogen-bond acceptors (Lipinski definition) is 3. The lowest BCUT2D eigenvalue weighted by Gasteiger charge is -2.06. The molecule has 0 spiro atoms. The van der Waals surface area contributed by atoms with Crippen molar-refractivity contribution >= 4 is 11.3 Å². The lowest BCUT2D eigenvalue weighted by Crippen LogP contribution is -1.98. The Balaban J connectivity index is 1.91. The van der Waals surface area contributed by atoms with Crippen molar-refractivity contribution in [3.8, 4) is 0 Å². The van der Waals surface area contributed by atoms with E-state index in [2.05, 4.69) is 11.9 Å². The van der Waals surface area contributed by atoms with Gasteiger partial charge in [0.2, 0.25) is 0 Å². The van der Waals surface area contributed by atoms with E-state index in [-0.39, 0.29) is 0 Å². The minimum Gasteiger partial charge on any atom is -0.381 e.